The van der Waals surface area contributed by atoms with Crippen molar-refractivity contribution >= 4 is 0 Å². The molecule has 0 aliphatic carbocycles. The Labute approximate surface area is 76.6 Å². The van der Waals surface area contributed by atoms with Gasteiger partial charge in [-0.3, -0.25) is 0 Å². The van der Waals surface area contributed by atoms with E-state index in [1.54, 1.807) is 6.92 Å². The maximum absolute atomic E-state index is 9.40. The van der Waals surface area contributed by atoms with Crippen LogP contribution in [0, 0.1) is 0 Å². The first-order valence-electron chi connectivity index (χ1n) is 4.42. The van der Waals surface area contributed by atoms with E-state index < -0.39 is 30.5 Å². The van der Waals surface area contributed by atoms with E-state index in [0.29, 0.717) is 6.42 Å². The standard InChI is InChI=1S/C8H16O5/c1-2-4-6(10)8(12)7(11)5(3-9)13-4/h4-12H,2-3H2,1H3/t4-,5?,6-,7-,8?/m1/s1. The lowest BCUT2D eigenvalue weighted by Crippen LogP contribution is -2.58. The fourth-order valence-electron chi connectivity index (χ4n) is 1.52. The van der Waals surface area contributed by atoms with Gasteiger partial charge in [-0.05, 0) is 6.42 Å². The van der Waals surface area contributed by atoms with Crippen molar-refractivity contribution in [3.63, 3.8) is 0 Å². The van der Waals surface area contributed by atoms with E-state index in [9.17, 15) is 15.3 Å². The molecular formula is C8H16O5. The average molecular weight is 192 g/mol. The molecule has 1 heterocycles. The van der Waals surface area contributed by atoms with E-state index in [2.05, 4.69) is 0 Å². The summed E-state index contributed by atoms with van der Waals surface area (Å²) in [5.74, 6) is 0. The third-order valence-corrected chi connectivity index (χ3v) is 2.39. The topological polar surface area (TPSA) is 90.2 Å². The van der Waals surface area contributed by atoms with E-state index >= 15 is 0 Å². The smallest absolute Gasteiger partial charge is 0.111 e. The summed E-state index contributed by atoms with van der Waals surface area (Å²) >= 11 is 0. The van der Waals surface area contributed by atoms with Crippen LogP contribution in [0.4, 0.5) is 0 Å². The van der Waals surface area contributed by atoms with Crippen molar-refractivity contribution in [1.29, 1.82) is 0 Å². The lowest BCUT2D eigenvalue weighted by molar-refractivity contribution is -0.229. The zero-order chi connectivity index (χ0) is 10.0. The first-order valence-corrected chi connectivity index (χ1v) is 4.42. The van der Waals surface area contributed by atoms with Crippen molar-refractivity contribution < 1.29 is 25.2 Å². The van der Waals surface area contributed by atoms with Crippen molar-refractivity contribution in [1.82, 2.24) is 0 Å². The Kier molecular flexibility index (Phi) is 3.63. The molecule has 2 unspecified atom stereocenters. The van der Waals surface area contributed by atoms with Gasteiger partial charge in [-0.15, -0.1) is 0 Å². The second kappa shape index (κ2) is 4.34. The fourth-order valence-corrected chi connectivity index (χ4v) is 1.52. The maximum Gasteiger partial charge on any atom is 0.111 e. The molecule has 0 bridgehead atoms. The molecule has 0 aromatic heterocycles. The minimum atomic E-state index is -1.24. The number of hydrogen-bond acceptors (Lipinski definition) is 5. The van der Waals surface area contributed by atoms with E-state index in [-0.39, 0.29) is 6.61 Å². The van der Waals surface area contributed by atoms with E-state index in [0.717, 1.165) is 0 Å². The number of aliphatic hydroxyl groups is 4. The van der Waals surface area contributed by atoms with Crippen LogP contribution in [-0.2, 0) is 4.74 Å². The molecule has 0 radical (unpaired) electrons. The summed E-state index contributed by atoms with van der Waals surface area (Å²) in [6.07, 6.45) is -4.33. The molecular weight excluding hydrogens is 176 g/mol. The molecule has 5 heteroatoms. The molecule has 1 saturated heterocycles. The van der Waals surface area contributed by atoms with Gasteiger partial charge in [0.05, 0.1) is 12.7 Å². The van der Waals surface area contributed by atoms with Crippen molar-refractivity contribution in [3.05, 3.63) is 0 Å². The molecule has 1 rings (SSSR count). The first-order chi connectivity index (χ1) is 6.11. The molecule has 5 nitrogen and oxygen atoms in total. The highest BCUT2D eigenvalue weighted by molar-refractivity contribution is 4.91. The molecule has 0 aromatic carbocycles. The van der Waals surface area contributed by atoms with Crippen LogP contribution in [0.3, 0.4) is 0 Å². The largest absolute Gasteiger partial charge is 0.394 e. The Hall–Kier alpha value is -0.200. The van der Waals surface area contributed by atoms with Crippen LogP contribution in [0.5, 0.6) is 0 Å². The molecule has 1 fully saturated rings. The first kappa shape index (κ1) is 10.9. The Balaban J connectivity index is 2.66. The lowest BCUT2D eigenvalue weighted by Gasteiger charge is -2.39. The summed E-state index contributed by atoms with van der Waals surface area (Å²) in [5.41, 5.74) is 0. The Morgan fingerprint density at radius 2 is 1.54 bits per heavy atom. The van der Waals surface area contributed by atoms with Gasteiger partial charge < -0.3 is 25.2 Å². The zero-order valence-corrected chi connectivity index (χ0v) is 7.50. The van der Waals surface area contributed by atoms with Gasteiger partial charge >= 0.3 is 0 Å². The van der Waals surface area contributed by atoms with Crippen LogP contribution in [-0.4, -0.2) is 57.6 Å². The van der Waals surface area contributed by atoms with Crippen molar-refractivity contribution in [2.24, 2.45) is 0 Å². The predicted octanol–water partition coefficient (Wildman–Crippen LogP) is -1.76. The predicted molar refractivity (Wildman–Crippen MR) is 44.1 cm³/mol. The highest BCUT2D eigenvalue weighted by atomic mass is 16.5. The lowest BCUT2D eigenvalue weighted by atomic mass is 9.94. The van der Waals surface area contributed by atoms with Crippen LogP contribution >= 0.6 is 0 Å². The molecule has 0 saturated carbocycles. The minimum Gasteiger partial charge on any atom is -0.394 e. The molecule has 0 amide bonds. The number of ether oxygens (including phenoxy) is 1. The van der Waals surface area contributed by atoms with Crippen LogP contribution in [0.25, 0.3) is 0 Å². The summed E-state index contributed by atoms with van der Waals surface area (Å²) < 4.78 is 5.17. The van der Waals surface area contributed by atoms with Crippen LogP contribution in [0.15, 0.2) is 0 Å². The highest BCUT2D eigenvalue weighted by Crippen LogP contribution is 2.22. The summed E-state index contributed by atoms with van der Waals surface area (Å²) in [5, 5.41) is 36.9. The molecule has 0 spiro atoms. The van der Waals surface area contributed by atoms with Gasteiger partial charge in [0.15, 0.2) is 0 Å². The van der Waals surface area contributed by atoms with Gasteiger partial charge in [0.2, 0.25) is 0 Å². The van der Waals surface area contributed by atoms with E-state index in [1.807, 2.05) is 0 Å². The van der Waals surface area contributed by atoms with Crippen molar-refractivity contribution in [2.75, 3.05) is 6.61 Å². The average Bonchev–Trinajstić information content (AvgIpc) is 2.15. The number of rotatable bonds is 2. The van der Waals surface area contributed by atoms with Gasteiger partial charge in [-0.1, -0.05) is 6.92 Å². The number of aliphatic hydroxyl groups excluding tert-OH is 4. The van der Waals surface area contributed by atoms with Crippen LogP contribution in [0.2, 0.25) is 0 Å². The fraction of sp³-hybridized carbons (Fsp3) is 1.00. The SMILES string of the molecule is CC[C@H]1OC(CO)[C@@H](O)C(O)[C@@H]1O. The normalized spacial score (nSPS) is 46.4. The van der Waals surface area contributed by atoms with Crippen molar-refractivity contribution in [2.45, 2.75) is 43.9 Å². The van der Waals surface area contributed by atoms with Gasteiger partial charge in [0.1, 0.15) is 24.4 Å². The number of hydrogen-bond donors (Lipinski definition) is 4. The summed E-state index contributed by atoms with van der Waals surface area (Å²) in [6, 6.07) is 0. The molecule has 13 heavy (non-hydrogen) atoms. The molecule has 0 aromatic rings. The van der Waals surface area contributed by atoms with Crippen LogP contribution < -0.4 is 0 Å². The van der Waals surface area contributed by atoms with Gasteiger partial charge in [0, 0.05) is 0 Å². The maximum atomic E-state index is 9.40. The molecule has 1 aliphatic rings. The summed E-state index contributed by atoms with van der Waals surface area (Å²) in [7, 11) is 0. The Morgan fingerprint density at radius 3 is 2.00 bits per heavy atom. The summed E-state index contributed by atoms with van der Waals surface area (Å²) in [6.45, 7) is 1.44. The van der Waals surface area contributed by atoms with Crippen molar-refractivity contribution in [3.8, 4) is 0 Å². The highest BCUT2D eigenvalue weighted by Gasteiger charge is 2.42. The zero-order valence-electron chi connectivity index (χ0n) is 7.50. The van der Waals surface area contributed by atoms with Gasteiger partial charge in [-0.25, -0.2) is 0 Å². The molecule has 4 N–H and O–H groups in total. The van der Waals surface area contributed by atoms with E-state index in [4.69, 9.17) is 9.84 Å². The Morgan fingerprint density at radius 1 is 1.00 bits per heavy atom. The molecule has 5 atom stereocenters. The molecule has 78 valence electrons. The second-order valence-corrected chi connectivity index (χ2v) is 3.28. The minimum absolute atomic E-state index is 0.360. The Bertz CT molecular complexity index is 143. The quantitative estimate of drug-likeness (QED) is 0.416. The second-order valence-electron chi connectivity index (χ2n) is 3.28. The molecule has 1 aliphatic heterocycles. The monoisotopic (exact) mass is 192 g/mol. The van der Waals surface area contributed by atoms with Gasteiger partial charge in [0.25, 0.3) is 0 Å². The third kappa shape index (κ3) is 2.00. The third-order valence-electron chi connectivity index (χ3n) is 2.39. The van der Waals surface area contributed by atoms with Gasteiger partial charge in [-0.2, -0.15) is 0 Å². The van der Waals surface area contributed by atoms with E-state index in [1.165, 1.54) is 0 Å². The summed E-state index contributed by atoms with van der Waals surface area (Å²) in [4.78, 5) is 0. The van der Waals surface area contributed by atoms with Crippen LogP contribution in [0.1, 0.15) is 13.3 Å².